The average molecular weight is 166 g/mol. The van der Waals surface area contributed by atoms with E-state index in [0.29, 0.717) is 5.56 Å². The molecule has 0 radical (unpaired) electrons. The van der Waals surface area contributed by atoms with Gasteiger partial charge in [-0.25, -0.2) is 0 Å². The van der Waals surface area contributed by atoms with Crippen LogP contribution in [0.5, 0.6) is 0 Å². The number of nitrogens with zero attached hydrogens (tertiary/aromatic N) is 1. The van der Waals surface area contributed by atoms with Gasteiger partial charge in [-0.2, -0.15) is 5.10 Å². The van der Waals surface area contributed by atoms with Gasteiger partial charge in [0.25, 0.3) is 0 Å². The number of ether oxygens (including phenoxy) is 1. The first-order valence-electron chi connectivity index (χ1n) is 3.50. The molecule has 1 aromatic heterocycles. The SMILES string of the molecule is O=C1CC(c2cn[nH]c2)C(=O)O1. The Morgan fingerprint density at radius 2 is 2.42 bits per heavy atom. The maximum atomic E-state index is 11.0. The van der Waals surface area contributed by atoms with Gasteiger partial charge in [0.05, 0.1) is 18.5 Å². The minimum atomic E-state index is -0.485. The summed E-state index contributed by atoms with van der Waals surface area (Å²) >= 11 is 0. The zero-order valence-corrected chi connectivity index (χ0v) is 6.11. The van der Waals surface area contributed by atoms with Gasteiger partial charge in [-0.3, -0.25) is 14.7 Å². The summed E-state index contributed by atoms with van der Waals surface area (Å²) in [5.74, 6) is -1.41. The Kier molecular flexibility index (Phi) is 1.43. The van der Waals surface area contributed by atoms with Gasteiger partial charge in [0, 0.05) is 11.8 Å². The Morgan fingerprint density at radius 3 is 2.92 bits per heavy atom. The van der Waals surface area contributed by atoms with Crippen molar-refractivity contribution in [3.05, 3.63) is 18.0 Å². The van der Waals surface area contributed by atoms with Crippen molar-refractivity contribution in [1.29, 1.82) is 0 Å². The molecule has 1 aliphatic rings. The van der Waals surface area contributed by atoms with Crippen LogP contribution in [-0.4, -0.2) is 22.1 Å². The van der Waals surface area contributed by atoms with E-state index in [-0.39, 0.29) is 6.42 Å². The molecule has 5 heteroatoms. The topological polar surface area (TPSA) is 72.0 Å². The number of cyclic esters (lactones) is 2. The number of aromatic amines is 1. The van der Waals surface area contributed by atoms with Crippen LogP contribution in [0.4, 0.5) is 0 Å². The molecule has 5 nitrogen and oxygen atoms in total. The fraction of sp³-hybridized carbons (Fsp3) is 0.286. The van der Waals surface area contributed by atoms with Crippen LogP contribution in [0.15, 0.2) is 12.4 Å². The lowest BCUT2D eigenvalue weighted by Gasteiger charge is -1.96. The lowest BCUT2D eigenvalue weighted by molar-refractivity contribution is -0.152. The van der Waals surface area contributed by atoms with Gasteiger partial charge in [-0.05, 0) is 0 Å². The van der Waals surface area contributed by atoms with E-state index in [0.717, 1.165) is 0 Å². The first kappa shape index (κ1) is 7.02. The molecule has 2 rings (SSSR count). The number of esters is 2. The quantitative estimate of drug-likeness (QED) is 0.469. The molecule has 1 saturated heterocycles. The molecule has 1 fully saturated rings. The summed E-state index contributed by atoms with van der Waals surface area (Å²) in [6.45, 7) is 0. The largest absolute Gasteiger partial charge is 0.393 e. The maximum absolute atomic E-state index is 11.0. The smallest absolute Gasteiger partial charge is 0.321 e. The Balaban J connectivity index is 2.26. The molecule has 12 heavy (non-hydrogen) atoms. The van der Waals surface area contributed by atoms with Crippen LogP contribution in [-0.2, 0) is 14.3 Å². The normalized spacial score (nSPS) is 22.8. The molecule has 1 atom stereocenters. The Morgan fingerprint density at radius 1 is 1.58 bits per heavy atom. The van der Waals surface area contributed by atoms with Crippen molar-refractivity contribution in [2.45, 2.75) is 12.3 Å². The van der Waals surface area contributed by atoms with Crippen molar-refractivity contribution in [3.8, 4) is 0 Å². The summed E-state index contributed by atoms with van der Waals surface area (Å²) in [4.78, 5) is 21.7. The van der Waals surface area contributed by atoms with Crippen molar-refractivity contribution in [1.82, 2.24) is 10.2 Å². The number of carbonyl (C=O) groups is 2. The molecule has 0 spiro atoms. The number of carbonyl (C=O) groups excluding carboxylic acids is 2. The van der Waals surface area contributed by atoms with Crippen LogP contribution >= 0.6 is 0 Å². The monoisotopic (exact) mass is 166 g/mol. The van der Waals surface area contributed by atoms with Crippen molar-refractivity contribution >= 4 is 11.9 Å². The van der Waals surface area contributed by atoms with Crippen molar-refractivity contribution in [2.75, 3.05) is 0 Å². The highest BCUT2D eigenvalue weighted by atomic mass is 16.6. The Labute approximate surface area is 67.7 Å². The summed E-state index contributed by atoms with van der Waals surface area (Å²) in [5.41, 5.74) is 0.700. The third-order valence-electron chi connectivity index (χ3n) is 1.79. The minimum Gasteiger partial charge on any atom is -0.393 e. The number of aromatic nitrogens is 2. The second-order valence-electron chi connectivity index (χ2n) is 2.58. The van der Waals surface area contributed by atoms with Gasteiger partial charge in [-0.1, -0.05) is 0 Å². The van der Waals surface area contributed by atoms with Crippen molar-refractivity contribution in [2.24, 2.45) is 0 Å². The van der Waals surface area contributed by atoms with E-state index in [2.05, 4.69) is 14.9 Å². The highest BCUT2D eigenvalue weighted by Crippen LogP contribution is 2.26. The second-order valence-corrected chi connectivity index (χ2v) is 2.58. The standard InChI is InChI=1S/C7H6N2O3/c10-6-1-5(7(11)12-6)4-2-8-9-3-4/h2-3,5H,1H2,(H,8,9). The molecule has 1 N–H and O–H groups in total. The maximum Gasteiger partial charge on any atom is 0.321 e. The van der Waals surface area contributed by atoms with Crippen LogP contribution in [0, 0.1) is 0 Å². The molecular formula is C7H6N2O3. The average Bonchev–Trinajstić information content (AvgIpc) is 2.58. The van der Waals surface area contributed by atoms with Crippen LogP contribution in [0.3, 0.4) is 0 Å². The van der Waals surface area contributed by atoms with E-state index in [1.807, 2.05) is 0 Å². The number of rotatable bonds is 1. The van der Waals surface area contributed by atoms with E-state index < -0.39 is 17.9 Å². The summed E-state index contributed by atoms with van der Waals surface area (Å²) in [6, 6.07) is 0. The lowest BCUT2D eigenvalue weighted by atomic mass is 10.0. The molecule has 1 aliphatic heterocycles. The van der Waals surface area contributed by atoms with Crippen LogP contribution in [0.25, 0.3) is 0 Å². The zero-order valence-electron chi connectivity index (χ0n) is 6.11. The van der Waals surface area contributed by atoms with Gasteiger partial charge < -0.3 is 4.74 Å². The third kappa shape index (κ3) is 0.990. The van der Waals surface area contributed by atoms with Crippen LogP contribution in [0.2, 0.25) is 0 Å². The fourth-order valence-electron chi connectivity index (χ4n) is 1.18. The fourth-order valence-corrected chi connectivity index (χ4v) is 1.18. The number of hydrogen-bond acceptors (Lipinski definition) is 4. The first-order valence-corrected chi connectivity index (χ1v) is 3.50. The van der Waals surface area contributed by atoms with Crippen molar-refractivity contribution in [3.63, 3.8) is 0 Å². The highest BCUT2D eigenvalue weighted by Gasteiger charge is 2.34. The number of hydrogen-bond donors (Lipinski definition) is 1. The molecule has 2 heterocycles. The predicted molar refractivity (Wildman–Crippen MR) is 37.0 cm³/mol. The molecule has 0 bridgehead atoms. The molecule has 1 unspecified atom stereocenters. The van der Waals surface area contributed by atoms with Gasteiger partial charge >= 0.3 is 11.9 Å². The number of nitrogens with one attached hydrogen (secondary N) is 1. The summed E-state index contributed by atoms with van der Waals surface area (Å²) < 4.78 is 4.38. The van der Waals surface area contributed by atoms with Crippen LogP contribution < -0.4 is 0 Å². The van der Waals surface area contributed by atoms with Gasteiger partial charge in [-0.15, -0.1) is 0 Å². The molecular weight excluding hydrogens is 160 g/mol. The number of H-pyrrole nitrogens is 1. The van der Waals surface area contributed by atoms with E-state index >= 15 is 0 Å². The first-order chi connectivity index (χ1) is 5.77. The molecule has 0 aliphatic carbocycles. The highest BCUT2D eigenvalue weighted by molar-refractivity contribution is 5.97. The van der Waals surface area contributed by atoms with Gasteiger partial charge in [0.1, 0.15) is 0 Å². The molecule has 62 valence electrons. The second kappa shape index (κ2) is 2.44. The lowest BCUT2D eigenvalue weighted by Crippen LogP contribution is -2.04. The van der Waals surface area contributed by atoms with E-state index in [9.17, 15) is 9.59 Å². The Bertz CT molecular complexity index is 317. The Hall–Kier alpha value is -1.65. The molecule has 1 aromatic rings. The predicted octanol–water partition coefficient (Wildman–Crippen LogP) is -0.0332. The molecule has 0 saturated carbocycles. The van der Waals surface area contributed by atoms with Gasteiger partial charge in [0.2, 0.25) is 0 Å². The summed E-state index contributed by atoms with van der Waals surface area (Å²) in [7, 11) is 0. The molecule has 0 amide bonds. The van der Waals surface area contributed by atoms with Gasteiger partial charge in [0.15, 0.2) is 0 Å². The third-order valence-corrected chi connectivity index (χ3v) is 1.79. The van der Waals surface area contributed by atoms with E-state index in [1.165, 1.54) is 6.20 Å². The van der Waals surface area contributed by atoms with E-state index in [1.54, 1.807) is 6.20 Å². The zero-order chi connectivity index (χ0) is 8.55. The summed E-state index contributed by atoms with van der Waals surface area (Å²) in [6.07, 6.45) is 3.23. The minimum absolute atomic E-state index is 0.123. The molecule has 0 aromatic carbocycles. The summed E-state index contributed by atoms with van der Waals surface area (Å²) in [5, 5.41) is 6.26. The van der Waals surface area contributed by atoms with Crippen molar-refractivity contribution < 1.29 is 14.3 Å². The van der Waals surface area contributed by atoms with Crippen LogP contribution in [0.1, 0.15) is 17.9 Å². The van der Waals surface area contributed by atoms with E-state index in [4.69, 9.17) is 0 Å².